The van der Waals surface area contributed by atoms with Crippen molar-refractivity contribution in [2.24, 2.45) is 0 Å². The van der Waals surface area contributed by atoms with Crippen molar-refractivity contribution in [3.8, 4) is 0 Å². The highest BCUT2D eigenvalue weighted by molar-refractivity contribution is 5.63. The topological polar surface area (TPSA) is 28.2 Å². The molecule has 0 saturated heterocycles. The van der Waals surface area contributed by atoms with Crippen molar-refractivity contribution in [3.05, 3.63) is 53.7 Å². The first-order valence-corrected chi connectivity index (χ1v) is 7.76. The number of aromatic nitrogens is 1. The molecule has 1 aromatic heterocycles. The Morgan fingerprint density at radius 2 is 1.86 bits per heavy atom. The highest BCUT2D eigenvalue weighted by Gasteiger charge is 2.10. The van der Waals surface area contributed by atoms with Crippen LogP contribution in [-0.2, 0) is 6.54 Å². The van der Waals surface area contributed by atoms with E-state index in [2.05, 4.69) is 73.5 Å². The lowest BCUT2D eigenvalue weighted by atomic mass is 10.2. The minimum Gasteiger partial charge on any atom is -0.326 e. The van der Waals surface area contributed by atoms with Crippen molar-refractivity contribution in [1.29, 1.82) is 0 Å². The van der Waals surface area contributed by atoms with Crippen molar-refractivity contribution in [2.45, 2.75) is 33.7 Å². The number of aryl methyl sites for hydroxylation is 1. The maximum atomic E-state index is 4.80. The molecule has 0 unspecified atom stereocenters. The van der Waals surface area contributed by atoms with Crippen molar-refractivity contribution >= 4 is 11.5 Å². The molecular formula is C18H25N3. The number of pyridine rings is 1. The molecule has 0 saturated carbocycles. The molecule has 1 aromatic carbocycles. The van der Waals surface area contributed by atoms with Crippen LogP contribution in [0, 0.1) is 6.92 Å². The Labute approximate surface area is 128 Å². The standard InChI is InChI=1S/C18H25N3/c1-4-13-19-14-16-10-8-12-18(20-16)21(5-2)17-11-7-6-9-15(17)3/h6-12,19H,4-5,13-14H2,1-3H3. The van der Waals surface area contributed by atoms with Gasteiger partial charge in [-0.1, -0.05) is 31.2 Å². The van der Waals surface area contributed by atoms with E-state index >= 15 is 0 Å². The SMILES string of the molecule is CCCNCc1cccc(N(CC)c2ccccc2C)n1. The van der Waals surface area contributed by atoms with E-state index in [0.29, 0.717) is 0 Å². The van der Waals surface area contributed by atoms with Gasteiger partial charge in [-0.05, 0) is 50.6 Å². The predicted molar refractivity (Wildman–Crippen MR) is 90.1 cm³/mol. The first-order chi connectivity index (χ1) is 10.3. The molecule has 0 aliphatic heterocycles. The maximum Gasteiger partial charge on any atom is 0.133 e. The highest BCUT2D eigenvalue weighted by atomic mass is 15.2. The Kier molecular flexibility index (Phi) is 5.76. The fraction of sp³-hybridized carbons (Fsp3) is 0.389. The van der Waals surface area contributed by atoms with Gasteiger partial charge in [0.2, 0.25) is 0 Å². The quantitative estimate of drug-likeness (QED) is 0.777. The van der Waals surface area contributed by atoms with E-state index < -0.39 is 0 Å². The number of para-hydroxylation sites is 1. The van der Waals surface area contributed by atoms with Gasteiger partial charge in [0, 0.05) is 18.8 Å². The zero-order valence-corrected chi connectivity index (χ0v) is 13.3. The molecule has 0 amide bonds. The van der Waals surface area contributed by atoms with E-state index in [1.165, 1.54) is 11.3 Å². The summed E-state index contributed by atoms with van der Waals surface area (Å²) in [5.74, 6) is 1.02. The molecule has 1 N–H and O–H groups in total. The second-order valence-electron chi connectivity index (χ2n) is 5.19. The van der Waals surface area contributed by atoms with E-state index in [1.54, 1.807) is 0 Å². The minimum atomic E-state index is 0.826. The van der Waals surface area contributed by atoms with E-state index in [9.17, 15) is 0 Å². The van der Waals surface area contributed by atoms with Crippen LogP contribution >= 0.6 is 0 Å². The molecule has 0 spiro atoms. The molecule has 0 bridgehead atoms. The number of hydrogen-bond donors (Lipinski definition) is 1. The number of benzene rings is 1. The number of anilines is 2. The van der Waals surface area contributed by atoms with Crippen molar-refractivity contribution < 1.29 is 0 Å². The molecule has 0 aliphatic rings. The molecule has 2 rings (SSSR count). The summed E-state index contributed by atoms with van der Waals surface area (Å²) in [6.45, 7) is 9.24. The third-order valence-electron chi connectivity index (χ3n) is 3.52. The molecule has 0 atom stereocenters. The van der Waals surface area contributed by atoms with Crippen LogP contribution in [0.1, 0.15) is 31.5 Å². The van der Waals surface area contributed by atoms with Gasteiger partial charge in [0.15, 0.2) is 0 Å². The van der Waals surface area contributed by atoms with Gasteiger partial charge in [0.1, 0.15) is 5.82 Å². The second-order valence-corrected chi connectivity index (χ2v) is 5.19. The van der Waals surface area contributed by atoms with Crippen LogP contribution in [0.15, 0.2) is 42.5 Å². The summed E-state index contributed by atoms with van der Waals surface area (Å²) in [6.07, 6.45) is 1.14. The summed E-state index contributed by atoms with van der Waals surface area (Å²) in [4.78, 5) is 7.06. The lowest BCUT2D eigenvalue weighted by Gasteiger charge is -2.24. The van der Waals surface area contributed by atoms with Crippen molar-refractivity contribution in [3.63, 3.8) is 0 Å². The molecule has 0 aliphatic carbocycles. The van der Waals surface area contributed by atoms with Gasteiger partial charge in [0.05, 0.1) is 5.69 Å². The Hall–Kier alpha value is -1.87. The van der Waals surface area contributed by atoms with Gasteiger partial charge in [-0.15, -0.1) is 0 Å². The minimum absolute atomic E-state index is 0.826. The van der Waals surface area contributed by atoms with Crippen LogP contribution in [0.4, 0.5) is 11.5 Å². The van der Waals surface area contributed by atoms with E-state index in [1.807, 2.05) is 0 Å². The second kappa shape index (κ2) is 7.79. The largest absolute Gasteiger partial charge is 0.326 e. The van der Waals surface area contributed by atoms with Gasteiger partial charge < -0.3 is 10.2 Å². The monoisotopic (exact) mass is 283 g/mol. The molecule has 21 heavy (non-hydrogen) atoms. The van der Waals surface area contributed by atoms with Gasteiger partial charge in [0.25, 0.3) is 0 Å². The molecule has 0 fully saturated rings. The van der Waals surface area contributed by atoms with Crippen LogP contribution in [0.5, 0.6) is 0 Å². The third-order valence-corrected chi connectivity index (χ3v) is 3.52. The Bertz CT molecular complexity index is 566. The summed E-state index contributed by atoms with van der Waals surface area (Å²) >= 11 is 0. The first-order valence-electron chi connectivity index (χ1n) is 7.76. The smallest absolute Gasteiger partial charge is 0.133 e. The molecule has 112 valence electrons. The zero-order valence-electron chi connectivity index (χ0n) is 13.3. The number of rotatable bonds is 7. The molecular weight excluding hydrogens is 258 g/mol. The fourth-order valence-corrected chi connectivity index (χ4v) is 2.43. The third kappa shape index (κ3) is 4.05. The summed E-state index contributed by atoms with van der Waals surface area (Å²) < 4.78 is 0. The molecule has 2 aromatic rings. The van der Waals surface area contributed by atoms with E-state index in [-0.39, 0.29) is 0 Å². The predicted octanol–water partition coefficient (Wildman–Crippen LogP) is 4.05. The average Bonchev–Trinajstić information content (AvgIpc) is 2.51. The Morgan fingerprint density at radius 1 is 1.05 bits per heavy atom. The van der Waals surface area contributed by atoms with Crippen LogP contribution in [0.2, 0.25) is 0 Å². The lowest BCUT2D eigenvalue weighted by Crippen LogP contribution is -2.20. The van der Waals surface area contributed by atoms with Gasteiger partial charge in [-0.3, -0.25) is 0 Å². The summed E-state index contributed by atoms with van der Waals surface area (Å²) in [7, 11) is 0. The number of nitrogens with one attached hydrogen (secondary N) is 1. The summed E-state index contributed by atoms with van der Waals surface area (Å²) in [5.41, 5.74) is 3.59. The average molecular weight is 283 g/mol. The van der Waals surface area contributed by atoms with Gasteiger partial charge >= 0.3 is 0 Å². The highest BCUT2D eigenvalue weighted by Crippen LogP contribution is 2.26. The number of nitrogens with zero attached hydrogens (tertiary/aromatic N) is 2. The van der Waals surface area contributed by atoms with Crippen molar-refractivity contribution in [1.82, 2.24) is 10.3 Å². The first kappa shape index (κ1) is 15.5. The van der Waals surface area contributed by atoms with Crippen LogP contribution < -0.4 is 10.2 Å². The normalized spacial score (nSPS) is 10.6. The summed E-state index contributed by atoms with van der Waals surface area (Å²) in [6, 6.07) is 14.7. The van der Waals surface area contributed by atoms with Crippen LogP contribution in [-0.4, -0.2) is 18.1 Å². The van der Waals surface area contributed by atoms with Crippen LogP contribution in [0.25, 0.3) is 0 Å². The molecule has 3 nitrogen and oxygen atoms in total. The van der Waals surface area contributed by atoms with Gasteiger partial charge in [-0.25, -0.2) is 4.98 Å². The zero-order chi connectivity index (χ0) is 15.1. The Balaban J connectivity index is 2.22. The van der Waals surface area contributed by atoms with Crippen molar-refractivity contribution in [2.75, 3.05) is 18.0 Å². The maximum absolute atomic E-state index is 4.80. The summed E-state index contributed by atoms with van der Waals surface area (Å²) in [5, 5.41) is 3.41. The van der Waals surface area contributed by atoms with Crippen LogP contribution in [0.3, 0.4) is 0 Å². The Morgan fingerprint density at radius 3 is 2.57 bits per heavy atom. The molecule has 3 heteroatoms. The number of hydrogen-bond acceptors (Lipinski definition) is 3. The molecule has 1 heterocycles. The molecule has 0 radical (unpaired) electrons. The van der Waals surface area contributed by atoms with Gasteiger partial charge in [-0.2, -0.15) is 0 Å². The van der Waals surface area contributed by atoms with E-state index in [0.717, 1.165) is 37.6 Å². The fourth-order valence-electron chi connectivity index (χ4n) is 2.43. The van der Waals surface area contributed by atoms with E-state index in [4.69, 9.17) is 4.98 Å². The lowest BCUT2D eigenvalue weighted by molar-refractivity contribution is 0.664.